The zero-order valence-corrected chi connectivity index (χ0v) is 8.45. The number of hydrogen-bond donors (Lipinski definition) is 1. The standard InChI is InChI=1S/C12H10F2N2/c13-10-4-3-8(7-11(10)14)6-9-2-1-5-16-12(9)15/h1-5,7H,6H2,(H2,15,16). The van der Waals surface area contributed by atoms with Gasteiger partial charge in [-0.05, 0) is 29.3 Å². The number of nitrogen functional groups attached to an aromatic ring is 1. The molecule has 1 aromatic heterocycles. The largest absolute Gasteiger partial charge is 0.383 e. The Morgan fingerprint density at radius 1 is 1.12 bits per heavy atom. The van der Waals surface area contributed by atoms with Crippen molar-refractivity contribution in [3.05, 3.63) is 59.3 Å². The number of nitrogens with two attached hydrogens (primary N) is 1. The van der Waals surface area contributed by atoms with Crippen LogP contribution in [0.5, 0.6) is 0 Å². The number of hydrogen-bond acceptors (Lipinski definition) is 2. The van der Waals surface area contributed by atoms with Gasteiger partial charge in [0.25, 0.3) is 0 Å². The number of pyridine rings is 1. The first kappa shape index (κ1) is 10.5. The quantitative estimate of drug-likeness (QED) is 0.844. The van der Waals surface area contributed by atoms with Crippen LogP contribution in [0.1, 0.15) is 11.1 Å². The van der Waals surface area contributed by atoms with Crippen molar-refractivity contribution >= 4 is 5.82 Å². The molecule has 2 N–H and O–H groups in total. The molecule has 0 bridgehead atoms. The Labute approximate surface area is 91.7 Å². The van der Waals surface area contributed by atoms with Crippen LogP contribution in [-0.4, -0.2) is 4.98 Å². The predicted octanol–water partition coefficient (Wildman–Crippen LogP) is 2.53. The Hall–Kier alpha value is -1.97. The summed E-state index contributed by atoms with van der Waals surface area (Å²) in [7, 11) is 0. The second-order valence-corrected chi connectivity index (χ2v) is 3.47. The summed E-state index contributed by atoms with van der Waals surface area (Å²) in [6, 6.07) is 7.37. The molecular weight excluding hydrogens is 210 g/mol. The molecule has 2 nitrogen and oxygen atoms in total. The molecule has 2 aromatic rings. The zero-order valence-electron chi connectivity index (χ0n) is 8.45. The van der Waals surface area contributed by atoms with Gasteiger partial charge < -0.3 is 5.73 Å². The second-order valence-electron chi connectivity index (χ2n) is 3.47. The highest BCUT2D eigenvalue weighted by Crippen LogP contribution is 2.16. The molecule has 0 saturated heterocycles. The molecule has 0 spiro atoms. The van der Waals surface area contributed by atoms with E-state index in [2.05, 4.69) is 4.98 Å². The molecule has 0 saturated carbocycles. The van der Waals surface area contributed by atoms with Gasteiger partial charge in [-0.2, -0.15) is 0 Å². The fourth-order valence-electron chi connectivity index (χ4n) is 1.47. The Kier molecular flexibility index (Phi) is 2.81. The third kappa shape index (κ3) is 2.16. The van der Waals surface area contributed by atoms with Gasteiger partial charge in [-0.25, -0.2) is 13.8 Å². The molecule has 0 aliphatic carbocycles. The molecule has 0 unspecified atom stereocenters. The lowest BCUT2D eigenvalue weighted by Gasteiger charge is -2.04. The molecule has 1 heterocycles. The molecule has 0 amide bonds. The monoisotopic (exact) mass is 220 g/mol. The van der Waals surface area contributed by atoms with Crippen LogP contribution in [0.4, 0.5) is 14.6 Å². The van der Waals surface area contributed by atoms with E-state index in [1.807, 2.05) is 6.07 Å². The predicted molar refractivity (Wildman–Crippen MR) is 57.8 cm³/mol. The summed E-state index contributed by atoms with van der Waals surface area (Å²) in [6.45, 7) is 0. The SMILES string of the molecule is Nc1ncccc1Cc1ccc(F)c(F)c1. The molecule has 16 heavy (non-hydrogen) atoms. The summed E-state index contributed by atoms with van der Waals surface area (Å²) in [5, 5.41) is 0. The number of benzene rings is 1. The van der Waals surface area contributed by atoms with E-state index in [1.165, 1.54) is 12.1 Å². The Balaban J connectivity index is 2.28. The lowest BCUT2D eigenvalue weighted by Crippen LogP contribution is -1.98. The fourth-order valence-corrected chi connectivity index (χ4v) is 1.47. The Bertz CT molecular complexity index is 512. The Morgan fingerprint density at radius 3 is 2.62 bits per heavy atom. The van der Waals surface area contributed by atoms with E-state index in [0.29, 0.717) is 17.8 Å². The zero-order chi connectivity index (χ0) is 11.5. The summed E-state index contributed by atoms with van der Waals surface area (Å²) >= 11 is 0. The second kappa shape index (κ2) is 4.26. The first-order valence-corrected chi connectivity index (χ1v) is 4.80. The van der Waals surface area contributed by atoms with Crippen molar-refractivity contribution in [3.63, 3.8) is 0 Å². The molecule has 2 rings (SSSR count). The highest BCUT2D eigenvalue weighted by atomic mass is 19.2. The van der Waals surface area contributed by atoms with Crippen molar-refractivity contribution in [1.82, 2.24) is 4.98 Å². The molecule has 0 radical (unpaired) electrons. The smallest absolute Gasteiger partial charge is 0.159 e. The van der Waals surface area contributed by atoms with Crippen molar-refractivity contribution < 1.29 is 8.78 Å². The molecule has 0 aliphatic heterocycles. The third-order valence-corrected chi connectivity index (χ3v) is 2.30. The third-order valence-electron chi connectivity index (χ3n) is 2.30. The van der Waals surface area contributed by atoms with Crippen molar-refractivity contribution in [2.45, 2.75) is 6.42 Å². The first-order valence-electron chi connectivity index (χ1n) is 4.80. The normalized spacial score (nSPS) is 10.4. The number of halogens is 2. The van der Waals surface area contributed by atoms with E-state index in [-0.39, 0.29) is 0 Å². The van der Waals surface area contributed by atoms with Crippen molar-refractivity contribution in [2.75, 3.05) is 5.73 Å². The maximum absolute atomic E-state index is 13.0. The summed E-state index contributed by atoms with van der Waals surface area (Å²) in [5.41, 5.74) is 7.12. The highest BCUT2D eigenvalue weighted by molar-refractivity contribution is 5.41. The van der Waals surface area contributed by atoms with Gasteiger partial charge in [0.2, 0.25) is 0 Å². The molecule has 4 heteroatoms. The van der Waals surface area contributed by atoms with Gasteiger partial charge in [-0.3, -0.25) is 0 Å². The van der Waals surface area contributed by atoms with Gasteiger partial charge in [0.15, 0.2) is 11.6 Å². The molecule has 0 fully saturated rings. The number of anilines is 1. The fraction of sp³-hybridized carbons (Fsp3) is 0.0833. The summed E-state index contributed by atoms with van der Waals surface area (Å²) in [5.74, 6) is -1.28. The van der Waals surface area contributed by atoms with Gasteiger partial charge in [-0.15, -0.1) is 0 Å². The van der Waals surface area contributed by atoms with Crippen LogP contribution < -0.4 is 5.73 Å². The van der Waals surface area contributed by atoms with E-state index >= 15 is 0 Å². The number of nitrogens with zero attached hydrogens (tertiary/aromatic N) is 1. The van der Waals surface area contributed by atoms with Gasteiger partial charge in [0.05, 0.1) is 0 Å². The maximum Gasteiger partial charge on any atom is 0.159 e. The number of aromatic nitrogens is 1. The summed E-state index contributed by atoms with van der Waals surface area (Å²) < 4.78 is 25.7. The molecule has 1 aromatic carbocycles. The van der Waals surface area contributed by atoms with E-state index in [9.17, 15) is 8.78 Å². The topological polar surface area (TPSA) is 38.9 Å². The van der Waals surface area contributed by atoms with Gasteiger partial charge >= 0.3 is 0 Å². The maximum atomic E-state index is 13.0. The van der Waals surface area contributed by atoms with Crippen molar-refractivity contribution in [2.24, 2.45) is 0 Å². The number of rotatable bonds is 2. The van der Waals surface area contributed by atoms with Crippen LogP contribution in [0.3, 0.4) is 0 Å². The van der Waals surface area contributed by atoms with E-state index in [0.717, 1.165) is 11.6 Å². The minimum Gasteiger partial charge on any atom is -0.383 e. The molecular formula is C12H10F2N2. The van der Waals surface area contributed by atoms with Crippen molar-refractivity contribution in [1.29, 1.82) is 0 Å². The summed E-state index contributed by atoms with van der Waals surface area (Å²) in [6.07, 6.45) is 2.03. The van der Waals surface area contributed by atoms with Crippen LogP contribution in [0.2, 0.25) is 0 Å². The average molecular weight is 220 g/mol. The van der Waals surface area contributed by atoms with Crippen LogP contribution in [0.25, 0.3) is 0 Å². The van der Waals surface area contributed by atoms with Crippen molar-refractivity contribution in [3.8, 4) is 0 Å². The average Bonchev–Trinajstić information content (AvgIpc) is 2.27. The van der Waals surface area contributed by atoms with E-state index in [4.69, 9.17) is 5.73 Å². The minimum absolute atomic E-state index is 0.409. The van der Waals surface area contributed by atoms with Gasteiger partial charge in [-0.1, -0.05) is 12.1 Å². The molecule has 82 valence electrons. The summed E-state index contributed by atoms with van der Waals surface area (Å²) in [4.78, 5) is 3.93. The van der Waals surface area contributed by atoms with E-state index in [1.54, 1.807) is 12.3 Å². The van der Waals surface area contributed by atoms with E-state index < -0.39 is 11.6 Å². The lowest BCUT2D eigenvalue weighted by molar-refractivity contribution is 0.507. The molecule has 0 aliphatic rings. The van der Waals surface area contributed by atoms with Gasteiger partial charge in [0, 0.05) is 12.6 Å². The lowest BCUT2D eigenvalue weighted by atomic mass is 10.1. The minimum atomic E-state index is -0.847. The first-order chi connectivity index (χ1) is 7.66. The van der Waals surface area contributed by atoms with Crippen LogP contribution in [0, 0.1) is 11.6 Å². The van der Waals surface area contributed by atoms with Crippen LogP contribution in [-0.2, 0) is 6.42 Å². The van der Waals surface area contributed by atoms with Crippen LogP contribution >= 0.6 is 0 Å². The van der Waals surface area contributed by atoms with Gasteiger partial charge in [0.1, 0.15) is 5.82 Å². The molecule has 0 atom stereocenters. The van der Waals surface area contributed by atoms with Crippen LogP contribution in [0.15, 0.2) is 36.5 Å². The Morgan fingerprint density at radius 2 is 1.94 bits per heavy atom. The highest BCUT2D eigenvalue weighted by Gasteiger charge is 2.05.